The van der Waals surface area contributed by atoms with Gasteiger partial charge in [-0.1, -0.05) is 28.4 Å². The topological polar surface area (TPSA) is 94.0 Å². The second kappa shape index (κ2) is 4.23. The average molecular weight is 273 g/mol. The number of benzene rings is 1. The largest absolute Gasteiger partial charge is 0.476 e. The third-order valence-electron chi connectivity index (χ3n) is 2.05. The third-order valence-corrected chi connectivity index (χ3v) is 2.58. The van der Waals surface area contributed by atoms with E-state index in [-0.39, 0.29) is 11.5 Å². The Morgan fingerprint density at radius 2 is 2.12 bits per heavy atom. The molecule has 0 saturated carbocycles. The molecule has 17 heavy (non-hydrogen) atoms. The van der Waals surface area contributed by atoms with Crippen molar-refractivity contribution in [3.8, 4) is 5.69 Å². The average Bonchev–Trinajstić information content (AvgIpc) is 2.60. The molecule has 2 aromatic rings. The van der Waals surface area contributed by atoms with Crippen molar-refractivity contribution in [1.82, 2.24) is 15.0 Å². The lowest BCUT2D eigenvalue weighted by molar-refractivity contribution is 0.0691. The SMILES string of the molecule is Nc1c(C(=O)O)nnn1-c1ccc(Cl)cc1Cl. The molecule has 1 heterocycles. The maximum Gasteiger partial charge on any atom is 0.360 e. The maximum atomic E-state index is 10.8. The summed E-state index contributed by atoms with van der Waals surface area (Å²) in [7, 11) is 0. The van der Waals surface area contributed by atoms with Crippen molar-refractivity contribution in [2.75, 3.05) is 5.73 Å². The minimum Gasteiger partial charge on any atom is -0.476 e. The van der Waals surface area contributed by atoms with Gasteiger partial charge in [-0.05, 0) is 18.2 Å². The molecule has 2 rings (SSSR count). The molecule has 0 aliphatic rings. The summed E-state index contributed by atoms with van der Waals surface area (Å²) in [6, 6.07) is 4.66. The molecule has 0 aliphatic heterocycles. The molecule has 0 atom stereocenters. The Morgan fingerprint density at radius 1 is 1.41 bits per heavy atom. The lowest BCUT2D eigenvalue weighted by atomic mass is 10.3. The maximum absolute atomic E-state index is 10.8. The summed E-state index contributed by atoms with van der Waals surface area (Å²) in [5.41, 5.74) is 5.70. The molecule has 1 aromatic heterocycles. The van der Waals surface area contributed by atoms with Crippen LogP contribution in [-0.2, 0) is 0 Å². The molecule has 3 N–H and O–H groups in total. The highest BCUT2D eigenvalue weighted by molar-refractivity contribution is 6.35. The van der Waals surface area contributed by atoms with Gasteiger partial charge in [-0.2, -0.15) is 4.68 Å². The molecule has 1 aromatic carbocycles. The number of nitrogens with zero attached hydrogens (tertiary/aromatic N) is 3. The second-order valence-electron chi connectivity index (χ2n) is 3.14. The minimum atomic E-state index is -1.25. The molecule has 6 nitrogen and oxygen atoms in total. The highest BCUT2D eigenvalue weighted by Crippen LogP contribution is 2.26. The number of carboxylic acids is 1. The fraction of sp³-hybridized carbons (Fsp3) is 0. The number of carbonyl (C=O) groups is 1. The summed E-state index contributed by atoms with van der Waals surface area (Å²) in [5.74, 6) is -1.35. The van der Waals surface area contributed by atoms with Crippen molar-refractivity contribution in [2.24, 2.45) is 0 Å². The first-order valence-corrected chi connectivity index (χ1v) is 5.16. The number of hydrogen-bond acceptors (Lipinski definition) is 4. The molecule has 0 amide bonds. The Morgan fingerprint density at radius 3 is 2.65 bits per heavy atom. The molecule has 0 spiro atoms. The molecule has 8 heteroatoms. The molecule has 0 bridgehead atoms. The molecule has 0 fully saturated rings. The van der Waals surface area contributed by atoms with Crippen LogP contribution >= 0.6 is 23.2 Å². The van der Waals surface area contributed by atoms with E-state index in [4.69, 9.17) is 34.0 Å². The van der Waals surface area contributed by atoms with E-state index in [0.717, 1.165) is 4.68 Å². The second-order valence-corrected chi connectivity index (χ2v) is 3.98. The number of aromatic carboxylic acids is 1. The molecule has 0 unspecified atom stereocenters. The van der Waals surface area contributed by atoms with E-state index < -0.39 is 5.97 Å². The van der Waals surface area contributed by atoms with E-state index >= 15 is 0 Å². The van der Waals surface area contributed by atoms with Crippen LogP contribution < -0.4 is 5.73 Å². The predicted molar refractivity (Wildman–Crippen MR) is 62.8 cm³/mol. The zero-order valence-corrected chi connectivity index (χ0v) is 9.77. The zero-order chi connectivity index (χ0) is 12.6. The van der Waals surface area contributed by atoms with Crippen LogP contribution in [0.5, 0.6) is 0 Å². The number of nitrogens with two attached hydrogens (primary N) is 1. The Hall–Kier alpha value is -1.79. The molecule has 0 radical (unpaired) electrons. The van der Waals surface area contributed by atoms with E-state index in [9.17, 15) is 4.79 Å². The van der Waals surface area contributed by atoms with Gasteiger partial charge in [0.05, 0.1) is 10.7 Å². The van der Waals surface area contributed by atoms with Gasteiger partial charge in [-0.3, -0.25) is 0 Å². The van der Waals surface area contributed by atoms with Gasteiger partial charge in [0.25, 0.3) is 0 Å². The van der Waals surface area contributed by atoms with E-state index in [1.165, 1.54) is 6.07 Å². The number of nitrogen functional groups attached to an aromatic ring is 1. The first kappa shape index (κ1) is 11.7. The van der Waals surface area contributed by atoms with Crippen LogP contribution in [0.2, 0.25) is 10.0 Å². The normalized spacial score (nSPS) is 10.5. The Labute approximate surface area is 106 Å². The van der Waals surface area contributed by atoms with Crippen LogP contribution in [-0.4, -0.2) is 26.1 Å². The first-order chi connectivity index (χ1) is 8.00. The van der Waals surface area contributed by atoms with Gasteiger partial charge in [-0.25, -0.2) is 4.79 Å². The summed E-state index contributed by atoms with van der Waals surface area (Å²) < 4.78 is 1.14. The zero-order valence-electron chi connectivity index (χ0n) is 8.26. The first-order valence-electron chi connectivity index (χ1n) is 4.40. The van der Waals surface area contributed by atoms with E-state index in [2.05, 4.69) is 10.3 Å². The number of rotatable bonds is 2. The van der Waals surface area contributed by atoms with Gasteiger partial charge in [0.2, 0.25) is 5.69 Å². The van der Waals surface area contributed by atoms with Gasteiger partial charge in [-0.15, -0.1) is 5.10 Å². The van der Waals surface area contributed by atoms with Gasteiger partial charge in [0, 0.05) is 5.02 Å². The van der Waals surface area contributed by atoms with Gasteiger partial charge >= 0.3 is 5.97 Å². The number of carboxylic acid groups (broad SMARTS) is 1. The third kappa shape index (κ3) is 2.04. The highest BCUT2D eigenvalue weighted by Gasteiger charge is 2.18. The Balaban J connectivity index is 2.57. The number of aromatic nitrogens is 3. The molecular formula is C9H6Cl2N4O2. The highest BCUT2D eigenvalue weighted by atomic mass is 35.5. The summed E-state index contributed by atoms with van der Waals surface area (Å²) in [6.45, 7) is 0. The Kier molecular flexibility index (Phi) is 2.91. The number of anilines is 1. The molecular weight excluding hydrogens is 267 g/mol. The Bertz CT molecular complexity index is 597. The van der Waals surface area contributed by atoms with E-state index in [0.29, 0.717) is 15.7 Å². The summed E-state index contributed by atoms with van der Waals surface area (Å²) in [4.78, 5) is 10.8. The van der Waals surface area contributed by atoms with Crippen LogP contribution in [0.3, 0.4) is 0 Å². The van der Waals surface area contributed by atoms with Gasteiger partial charge in [0.15, 0.2) is 5.82 Å². The summed E-state index contributed by atoms with van der Waals surface area (Å²) in [6.07, 6.45) is 0. The van der Waals surface area contributed by atoms with Crippen molar-refractivity contribution >= 4 is 35.0 Å². The summed E-state index contributed by atoms with van der Waals surface area (Å²) in [5, 5.41) is 16.6. The van der Waals surface area contributed by atoms with Crippen molar-refractivity contribution in [2.45, 2.75) is 0 Å². The van der Waals surface area contributed by atoms with Crippen LogP contribution in [0.25, 0.3) is 5.69 Å². The standard InChI is InChI=1S/C9H6Cl2N4O2/c10-4-1-2-6(5(11)3-4)15-8(12)7(9(16)17)13-14-15/h1-3H,12H2,(H,16,17). The van der Waals surface area contributed by atoms with Crippen molar-refractivity contribution in [3.05, 3.63) is 33.9 Å². The molecule has 0 saturated heterocycles. The smallest absolute Gasteiger partial charge is 0.360 e. The molecule has 88 valence electrons. The monoisotopic (exact) mass is 272 g/mol. The number of halogens is 2. The van der Waals surface area contributed by atoms with Crippen molar-refractivity contribution in [3.63, 3.8) is 0 Å². The number of hydrogen-bond donors (Lipinski definition) is 2. The fourth-order valence-electron chi connectivity index (χ4n) is 1.27. The van der Waals surface area contributed by atoms with Crippen LogP contribution in [0.15, 0.2) is 18.2 Å². The van der Waals surface area contributed by atoms with Gasteiger partial charge in [0.1, 0.15) is 0 Å². The van der Waals surface area contributed by atoms with Crippen molar-refractivity contribution in [1.29, 1.82) is 0 Å². The van der Waals surface area contributed by atoms with Crippen LogP contribution in [0.1, 0.15) is 10.5 Å². The van der Waals surface area contributed by atoms with Gasteiger partial charge < -0.3 is 10.8 Å². The minimum absolute atomic E-state index is 0.0956. The van der Waals surface area contributed by atoms with Crippen molar-refractivity contribution < 1.29 is 9.90 Å². The quantitative estimate of drug-likeness (QED) is 0.870. The predicted octanol–water partition coefficient (Wildman–Crippen LogP) is 1.85. The fourth-order valence-corrected chi connectivity index (χ4v) is 1.76. The lowest BCUT2D eigenvalue weighted by Gasteiger charge is -2.05. The van der Waals surface area contributed by atoms with E-state index in [1.807, 2.05) is 0 Å². The van der Waals surface area contributed by atoms with Crippen LogP contribution in [0.4, 0.5) is 5.82 Å². The lowest BCUT2D eigenvalue weighted by Crippen LogP contribution is -2.06. The van der Waals surface area contributed by atoms with Crippen LogP contribution in [0, 0.1) is 0 Å². The van der Waals surface area contributed by atoms with E-state index in [1.54, 1.807) is 12.1 Å². The summed E-state index contributed by atoms with van der Waals surface area (Å²) >= 11 is 11.7. The molecule has 0 aliphatic carbocycles.